The zero-order valence-corrected chi connectivity index (χ0v) is 10.2. The van der Waals surface area contributed by atoms with E-state index in [0.29, 0.717) is 6.07 Å². The van der Waals surface area contributed by atoms with E-state index in [9.17, 15) is 22.3 Å². The minimum absolute atomic E-state index is 0.171. The summed E-state index contributed by atoms with van der Waals surface area (Å²) in [7, 11) is -3.49. The fourth-order valence-corrected chi connectivity index (χ4v) is 1.84. The van der Waals surface area contributed by atoms with Crippen molar-refractivity contribution in [2.75, 3.05) is 12.8 Å². The molecular formula is C10H13F2NO3S. The molecule has 96 valence electrons. The van der Waals surface area contributed by atoms with Gasteiger partial charge in [0.25, 0.3) is 0 Å². The standard InChI is InChI=1S/C10H13F2NO3S/c1-10(14,6-13-17(2,15)16)8-4-3-7(11)5-9(8)12/h3-5,13-14H,6H2,1-2H3. The van der Waals surface area contributed by atoms with Crippen LogP contribution in [0.15, 0.2) is 18.2 Å². The van der Waals surface area contributed by atoms with E-state index >= 15 is 0 Å². The van der Waals surface area contributed by atoms with Crippen LogP contribution in [0, 0.1) is 11.6 Å². The van der Waals surface area contributed by atoms with Gasteiger partial charge in [-0.1, -0.05) is 6.07 Å². The molecule has 0 amide bonds. The predicted octanol–water partition coefficient (Wildman–Crippen LogP) is 0.722. The van der Waals surface area contributed by atoms with Gasteiger partial charge in [0.1, 0.15) is 17.2 Å². The summed E-state index contributed by atoms with van der Waals surface area (Å²) in [6, 6.07) is 2.70. The second kappa shape index (κ2) is 4.67. The third-order valence-electron chi connectivity index (χ3n) is 2.19. The van der Waals surface area contributed by atoms with Crippen molar-refractivity contribution in [3.05, 3.63) is 35.4 Å². The van der Waals surface area contributed by atoms with Crippen LogP contribution in [0.5, 0.6) is 0 Å². The van der Waals surface area contributed by atoms with Gasteiger partial charge < -0.3 is 5.11 Å². The number of halogens is 2. The maximum absolute atomic E-state index is 13.4. The highest BCUT2D eigenvalue weighted by Gasteiger charge is 2.27. The first-order valence-corrected chi connectivity index (χ1v) is 6.63. The Hall–Kier alpha value is -1.05. The third-order valence-corrected chi connectivity index (χ3v) is 2.86. The second-order valence-corrected chi connectivity index (χ2v) is 5.82. The van der Waals surface area contributed by atoms with Crippen LogP contribution in [-0.4, -0.2) is 26.3 Å². The molecule has 1 unspecified atom stereocenters. The van der Waals surface area contributed by atoms with E-state index in [0.717, 1.165) is 18.4 Å². The van der Waals surface area contributed by atoms with E-state index < -0.39 is 33.8 Å². The first-order valence-electron chi connectivity index (χ1n) is 4.74. The molecule has 7 heteroatoms. The summed E-state index contributed by atoms with van der Waals surface area (Å²) in [5, 5.41) is 9.93. The molecule has 2 N–H and O–H groups in total. The van der Waals surface area contributed by atoms with Gasteiger partial charge in [-0.3, -0.25) is 0 Å². The van der Waals surface area contributed by atoms with Crippen molar-refractivity contribution in [1.82, 2.24) is 4.72 Å². The molecule has 0 saturated carbocycles. The lowest BCUT2D eigenvalue weighted by molar-refractivity contribution is 0.0588. The van der Waals surface area contributed by atoms with Gasteiger partial charge in [-0.2, -0.15) is 0 Å². The zero-order valence-electron chi connectivity index (χ0n) is 9.37. The fourth-order valence-electron chi connectivity index (χ4n) is 1.29. The molecule has 0 radical (unpaired) electrons. The summed E-state index contributed by atoms with van der Waals surface area (Å²) in [5.41, 5.74) is -1.92. The number of aliphatic hydroxyl groups is 1. The Balaban J connectivity index is 2.96. The lowest BCUT2D eigenvalue weighted by Crippen LogP contribution is -2.38. The van der Waals surface area contributed by atoms with Crippen LogP contribution in [0.4, 0.5) is 8.78 Å². The van der Waals surface area contributed by atoms with Gasteiger partial charge >= 0.3 is 0 Å². The summed E-state index contributed by atoms with van der Waals surface area (Å²) < 4.78 is 49.9. The Bertz CT molecular complexity index is 514. The molecule has 0 bridgehead atoms. The zero-order chi connectivity index (χ0) is 13.3. The maximum Gasteiger partial charge on any atom is 0.208 e. The second-order valence-electron chi connectivity index (χ2n) is 3.99. The Morgan fingerprint density at radius 2 is 2.00 bits per heavy atom. The molecule has 0 heterocycles. The molecule has 1 atom stereocenters. The Morgan fingerprint density at radius 1 is 1.41 bits per heavy atom. The first-order chi connectivity index (χ1) is 7.62. The molecule has 17 heavy (non-hydrogen) atoms. The van der Waals surface area contributed by atoms with Gasteiger partial charge in [0.05, 0.1) is 6.26 Å². The summed E-state index contributed by atoms with van der Waals surface area (Å²) >= 11 is 0. The van der Waals surface area contributed by atoms with Gasteiger partial charge in [0.2, 0.25) is 10.0 Å². The number of rotatable bonds is 4. The van der Waals surface area contributed by atoms with Gasteiger partial charge in [-0.15, -0.1) is 0 Å². The number of sulfonamides is 1. The molecule has 0 aromatic heterocycles. The van der Waals surface area contributed by atoms with Crippen LogP contribution in [-0.2, 0) is 15.6 Å². The van der Waals surface area contributed by atoms with Crippen LogP contribution >= 0.6 is 0 Å². The van der Waals surface area contributed by atoms with Crippen LogP contribution in [0.3, 0.4) is 0 Å². The maximum atomic E-state index is 13.4. The molecule has 0 saturated heterocycles. The summed E-state index contributed by atoms with van der Waals surface area (Å²) in [4.78, 5) is 0. The molecule has 0 aliphatic carbocycles. The van der Waals surface area contributed by atoms with E-state index in [-0.39, 0.29) is 5.56 Å². The van der Waals surface area contributed by atoms with E-state index in [4.69, 9.17) is 0 Å². The minimum Gasteiger partial charge on any atom is -0.384 e. The van der Waals surface area contributed by atoms with Gasteiger partial charge in [-0.25, -0.2) is 21.9 Å². The van der Waals surface area contributed by atoms with Crippen molar-refractivity contribution in [3.63, 3.8) is 0 Å². The van der Waals surface area contributed by atoms with E-state index in [1.54, 1.807) is 0 Å². The summed E-state index contributed by atoms with van der Waals surface area (Å²) in [6.07, 6.45) is 0.921. The summed E-state index contributed by atoms with van der Waals surface area (Å²) in [6.45, 7) is 0.843. The number of hydrogen-bond donors (Lipinski definition) is 2. The number of nitrogens with one attached hydrogen (secondary N) is 1. The van der Waals surface area contributed by atoms with Crippen molar-refractivity contribution in [2.24, 2.45) is 0 Å². The average molecular weight is 265 g/mol. The van der Waals surface area contributed by atoms with Gasteiger partial charge in [0, 0.05) is 18.2 Å². The van der Waals surface area contributed by atoms with E-state index in [1.807, 2.05) is 0 Å². The third kappa shape index (κ3) is 4.03. The Morgan fingerprint density at radius 3 is 2.47 bits per heavy atom. The molecule has 0 aliphatic rings. The van der Waals surface area contributed by atoms with Gasteiger partial charge in [-0.05, 0) is 13.0 Å². The van der Waals surface area contributed by atoms with Crippen LogP contribution in [0.1, 0.15) is 12.5 Å². The first kappa shape index (κ1) is 14.0. The quantitative estimate of drug-likeness (QED) is 0.843. The fraction of sp³-hybridized carbons (Fsp3) is 0.400. The predicted molar refractivity (Wildman–Crippen MR) is 58.8 cm³/mol. The van der Waals surface area contributed by atoms with Crippen molar-refractivity contribution in [1.29, 1.82) is 0 Å². The van der Waals surface area contributed by atoms with Crippen molar-refractivity contribution < 1.29 is 22.3 Å². The highest BCUT2D eigenvalue weighted by Crippen LogP contribution is 2.23. The van der Waals surface area contributed by atoms with Crippen molar-refractivity contribution in [3.8, 4) is 0 Å². The van der Waals surface area contributed by atoms with Crippen LogP contribution < -0.4 is 4.72 Å². The van der Waals surface area contributed by atoms with Crippen LogP contribution in [0.25, 0.3) is 0 Å². The summed E-state index contributed by atoms with van der Waals surface area (Å²) in [5.74, 6) is -1.69. The molecule has 1 aromatic carbocycles. The molecule has 0 aliphatic heterocycles. The monoisotopic (exact) mass is 265 g/mol. The average Bonchev–Trinajstić information content (AvgIpc) is 2.13. The molecule has 0 fully saturated rings. The molecule has 4 nitrogen and oxygen atoms in total. The normalized spacial score (nSPS) is 15.6. The van der Waals surface area contributed by atoms with Gasteiger partial charge in [0.15, 0.2) is 0 Å². The number of benzene rings is 1. The Labute approximate surface area is 98.3 Å². The molecule has 1 aromatic rings. The molecule has 0 spiro atoms. The minimum atomic E-state index is -3.49. The highest BCUT2D eigenvalue weighted by atomic mass is 32.2. The van der Waals surface area contributed by atoms with Crippen LogP contribution in [0.2, 0.25) is 0 Å². The largest absolute Gasteiger partial charge is 0.384 e. The molecular weight excluding hydrogens is 252 g/mol. The molecule has 1 rings (SSSR count). The SMILES string of the molecule is CC(O)(CNS(C)(=O)=O)c1ccc(F)cc1F. The van der Waals surface area contributed by atoms with Crippen molar-refractivity contribution in [2.45, 2.75) is 12.5 Å². The Kier molecular flexibility index (Phi) is 3.85. The topological polar surface area (TPSA) is 66.4 Å². The van der Waals surface area contributed by atoms with E-state index in [2.05, 4.69) is 4.72 Å². The lowest BCUT2D eigenvalue weighted by Gasteiger charge is -2.24. The number of hydrogen-bond acceptors (Lipinski definition) is 3. The van der Waals surface area contributed by atoms with E-state index in [1.165, 1.54) is 6.92 Å². The smallest absolute Gasteiger partial charge is 0.208 e. The lowest BCUT2D eigenvalue weighted by atomic mass is 9.96. The van der Waals surface area contributed by atoms with Crippen molar-refractivity contribution >= 4 is 10.0 Å². The highest BCUT2D eigenvalue weighted by molar-refractivity contribution is 7.88.